The highest BCUT2D eigenvalue weighted by Crippen LogP contribution is 2.50. The van der Waals surface area contributed by atoms with Gasteiger partial charge < -0.3 is 4.90 Å². The smallest absolute Gasteiger partial charge is 0.151 e. The van der Waals surface area contributed by atoms with Crippen LogP contribution in [0.1, 0.15) is 26.2 Å². The lowest BCUT2D eigenvalue weighted by atomic mass is 9.98. The van der Waals surface area contributed by atoms with Crippen molar-refractivity contribution in [2.75, 3.05) is 25.9 Å². The van der Waals surface area contributed by atoms with Gasteiger partial charge in [0.15, 0.2) is 9.84 Å². The van der Waals surface area contributed by atoms with Crippen LogP contribution in [0.25, 0.3) is 0 Å². The molecule has 5 heteroatoms. The van der Waals surface area contributed by atoms with Crippen LogP contribution >= 0.6 is 0 Å². The number of nitrogens with zero attached hydrogens (tertiary/aromatic N) is 2. The summed E-state index contributed by atoms with van der Waals surface area (Å²) in [6, 6.07) is 2.25. The normalized spacial score (nSPS) is 38.6. The molecule has 1 heterocycles. The number of hydrogen-bond acceptors (Lipinski definition) is 4. The molecular weight excluding hydrogens is 236 g/mol. The van der Waals surface area contributed by atoms with Crippen LogP contribution in [0, 0.1) is 22.7 Å². The molecule has 0 N–H and O–H groups in total. The second-order valence-corrected chi connectivity index (χ2v) is 8.00. The summed E-state index contributed by atoms with van der Waals surface area (Å²) < 4.78 is 23.0. The standard InChI is InChI=1S/C12H20N2O2S/c1-10-4-3-5-14(7-10)9-12(8-13)6-11(12)17(2,15)16/h10-11H,3-7,9H2,1-2H3. The van der Waals surface area contributed by atoms with Crippen molar-refractivity contribution >= 4 is 9.84 Å². The molecule has 0 radical (unpaired) electrons. The van der Waals surface area contributed by atoms with Crippen molar-refractivity contribution in [2.24, 2.45) is 11.3 Å². The molecule has 1 saturated heterocycles. The molecule has 1 saturated carbocycles. The van der Waals surface area contributed by atoms with Gasteiger partial charge in [-0.1, -0.05) is 6.92 Å². The van der Waals surface area contributed by atoms with Gasteiger partial charge in [-0.15, -0.1) is 0 Å². The monoisotopic (exact) mass is 256 g/mol. The van der Waals surface area contributed by atoms with Crippen molar-refractivity contribution < 1.29 is 8.42 Å². The van der Waals surface area contributed by atoms with Crippen LogP contribution in [-0.4, -0.2) is 44.5 Å². The van der Waals surface area contributed by atoms with Crippen LogP contribution < -0.4 is 0 Å². The molecule has 1 aliphatic carbocycles. The van der Waals surface area contributed by atoms with E-state index >= 15 is 0 Å². The first-order chi connectivity index (χ1) is 7.87. The lowest BCUT2D eigenvalue weighted by molar-refractivity contribution is 0.165. The molecule has 0 aromatic heterocycles. The maximum Gasteiger partial charge on any atom is 0.151 e. The van der Waals surface area contributed by atoms with Crippen LogP contribution in [-0.2, 0) is 9.84 Å². The molecule has 0 aromatic rings. The second kappa shape index (κ2) is 4.25. The zero-order valence-corrected chi connectivity index (χ0v) is 11.3. The third-order valence-corrected chi connectivity index (χ3v) is 5.64. The first-order valence-corrected chi connectivity index (χ1v) is 8.15. The Bertz CT molecular complexity index is 440. The number of piperidine rings is 1. The predicted molar refractivity (Wildman–Crippen MR) is 66.1 cm³/mol. The lowest BCUT2D eigenvalue weighted by Crippen LogP contribution is -2.39. The first-order valence-electron chi connectivity index (χ1n) is 6.20. The minimum Gasteiger partial charge on any atom is -0.301 e. The molecule has 3 atom stereocenters. The zero-order chi connectivity index (χ0) is 12.7. The van der Waals surface area contributed by atoms with Crippen molar-refractivity contribution in [1.29, 1.82) is 5.26 Å². The van der Waals surface area contributed by atoms with E-state index < -0.39 is 20.5 Å². The van der Waals surface area contributed by atoms with Crippen molar-refractivity contribution in [3.05, 3.63) is 0 Å². The molecule has 2 aliphatic rings. The Labute approximate surface area is 104 Å². The topological polar surface area (TPSA) is 61.2 Å². The van der Waals surface area contributed by atoms with Gasteiger partial charge in [-0.25, -0.2) is 8.42 Å². The summed E-state index contributed by atoms with van der Waals surface area (Å²) in [5.74, 6) is 0.662. The average molecular weight is 256 g/mol. The first kappa shape index (κ1) is 12.8. The summed E-state index contributed by atoms with van der Waals surface area (Å²) in [7, 11) is -3.06. The number of sulfone groups is 1. The Balaban J connectivity index is 2.01. The summed E-state index contributed by atoms with van der Waals surface area (Å²) >= 11 is 0. The fourth-order valence-electron chi connectivity index (χ4n) is 2.98. The van der Waals surface area contributed by atoms with Gasteiger partial charge in [0, 0.05) is 19.3 Å². The highest BCUT2D eigenvalue weighted by molar-refractivity contribution is 7.91. The molecule has 1 aliphatic heterocycles. The molecule has 0 aromatic carbocycles. The minimum absolute atomic E-state index is 0.433. The lowest BCUT2D eigenvalue weighted by Gasteiger charge is -2.32. The number of rotatable bonds is 3. The van der Waals surface area contributed by atoms with Gasteiger partial charge >= 0.3 is 0 Å². The van der Waals surface area contributed by atoms with E-state index in [9.17, 15) is 13.7 Å². The third kappa shape index (κ3) is 2.63. The maximum absolute atomic E-state index is 11.5. The summed E-state index contributed by atoms with van der Waals surface area (Å²) in [6.07, 6.45) is 4.17. The Morgan fingerprint density at radius 2 is 2.24 bits per heavy atom. The van der Waals surface area contributed by atoms with Gasteiger partial charge in [-0.2, -0.15) is 5.26 Å². The van der Waals surface area contributed by atoms with Crippen molar-refractivity contribution in [3.63, 3.8) is 0 Å². The Morgan fingerprint density at radius 3 is 2.71 bits per heavy atom. The largest absolute Gasteiger partial charge is 0.301 e. The van der Waals surface area contributed by atoms with E-state index in [1.807, 2.05) is 0 Å². The van der Waals surface area contributed by atoms with E-state index in [-0.39, 0.29) is 0 Å². The SMILES string of the molecule is CC1CCCN(CC2(C#N)CC2S(C)(=O)=O)C1. The highest BCUT2D eigenvalue weighted by Gasteiger charge is 2.61. The summed E-state index contributed by atoms with van der Waals surface area (Å²) in [6.45, 7) is 4.85. The van der Waals surface area contributed by atoms with Crippen LogP contribution in [0.4, 0.5) is 0 Å². The van der Waals surface area contributed by atoms with Gasteiger partial charge in [0.2, 0.25) is 0 Å². The van der Waals surface area contributed by atoms with Crippen molar-refractivity contribution in [1.82, 2.24) is 4.90 Å². The van der Waals surface area contributed by atoms with Crippen LogP contribution in [0.2, 0.25) is 0 Å². The third-order valence-electron chi connectivity index (χ3n) is 3.99. The molecular formula is C12H20N2O2S. The van der Waals surface area contributed by atoms with Crippen LogP contribution in [0.5, 0.6) is 0 Å². The second-order valence-electron chi connectivity index (χ2n) is 5.77. The fraction of sp³-hybridized carbons (Fsp3) is 0.917. The van der Waals surface area contributed by atoms with E-state index in [1.54, 1.807) is 0 Å². The van der Waals surface area contributed by atoms with Crippen molar-refractivity contribution in [3.8, 4) is 6.07 Å². The molecule has 2 rings (SSSR count). The molecule has 0 amide bonds. The number of hydrogen-bond donors (Lipinski definition) is 0. The Kier molecular flexibility index (Phi) is 3.21. The number of likely N-dealkylation sites (tertiary alicyclic amines) is 1. The Hall–Kier alpha value is -0.600. The van der Waals surface area contributed by atoms with E-state index in [0.717, 1.165) is 19.5 Å². The average Bonchev–Trinajstić information content (AvgIpc) is 2.93. The summed E-state index contributed by atoms with van der Waals surface area (Å²) in [5.41, 5.74) is -0.620. The highest BCUT2D eigenvalue weighted by atomic mass is 32.2. The van der Waals surface area contributed by atoms with Gasteiger partial charge in [-0.05, 0) is 31.7 Å². The fourth-order valence-corrected chi connectivity index (χ4v) is 4.53. The molecule has 4 nitrogen and oxygen atoms in total. The minimum atomic E-state index is -3.06. The number of nitriles is 1. The van der Waals surface area contributed by atoms with Gasteiger partial charge in [0.05, 0.1) is 16.7 Å². The molecule has 0 bridgehead atoms. The van der Waals surface area contributed by atoms with Crippen LogP contribution in [0.15, 0.2) is 0 Å². The van der Waals surface area contributed by atoms with Crippen molar-refractivity contribution in [2.45, 2.75) is 31.4 Å². The summed E-state index contributed by atoms with van der Waals surface area (Å²) in [4.78, 5) is 2.27. The van der Waals surface area contributed by atoms with Gasteiger partial charge in [-0.3, -0.25) is 0 Å². The van der Waals surface area contributed by atoms with Gasteiger partial charge in [0.25, 0.3) is 0 Å². The Morgan fingerprint density at radius 1 is 1.53 bits per heavy atom. The molecule has 3 unspecified atom stereocenters. The molecule has 2 fully saturated rings. The molecule has 96 valence electrons. The molecule has 17 heavy (non-hydrogen) atoms. The van der Waals surface area contributed by atoms with E-state index in [1.165, 1.54) is 12.7 Å². The van der Waals surface area contributed by atoms with E-state index in [0.29, 0.717) is 18.9 Å². The zero-order valence-electron chi connectivity index (χ0n) is 10.5. The summed E-state index contributed by atoms with van der Waals surface area (Å²) in [5, 5.41) is 8.81. The predicted octanol–water partition coefficient (Wildman–Crippen LogP) is 1.05. The van der Waals surface area contributed by atoms with Gasteiger partial charge in [0.1, 0.15) is 0 Å². The van der Waals surface area contributed by atoms with Crippen LogP contribution in [0.3, 0.4) is 0 Å². The maximum atomic E-state index is 11.5. The van der Waals surface area contributed by atoms with E-state index in [2.05, 4.69) is 17.9 Å². The van der Waals surface area contributed by atoms with E-state index in [4.69, 9.17) is 0 Å². The quantitative estimate of drug-likeness (QED) is 0.757. The molecule has 0 spiro atoms.